The summed E-state index contributed by atoms with van der Waals surface area (Å²) in [4.78, 5) is 19.8. The predicted molar refractivity (Wildman–Crippen MR) is 81.3 cm³/mol. The molecule has 0 unspecified atom stereocenters. The van der Waals surface area contributed by atoms with Crippen molar-refractivity contribution in [1.82, 2.24) is 9.97 Å². The third-order valence-electron chi connectivity index (χ3n) is 2.87. The van der Waals surface area contributed by atoms with Crippen molar-refractivity contribution >= 4 is 39.8 Å². The first-order valence-electron chi connectivity index (χ1n) is 6.01. The molecule has 0 radical (unpaired) electrons. The van der Waals surface area contributed by atoms with E-state index in [1.165, 1.54) is 11.8 Å². The van der Waals surface area contributed by atoms with E-state index < -0.39 is 5.97 Å². The van der Waals surface area contributed by atoms with Crippen molar-refractivity contribution in [3.63, 3.8) is 0 Å². The molecule has 21 heavy (non-hydrogen) atoms. The molecule has 0 atom stereocenters. The van der Waals surface area contributed by atoms with Gasteiger partial charge in [0, 0.05) is 11.6 Å². The number of nitrogens with zero attached hydrogens (tertiary/aromatic N) is 2. The van der Waals surface area contributed by atoms with Gasteiger partial charge in [-0.3, -0.25) is 0 Å². The number of aryl methyl sites for hydroxylation is 1. The number of fused-ring (bicyclic) bond motifs is 1. The monoisotopic (exact) mass is 318 g/mol. The topological polar surface area (TPSA) is 83.3 Å². The maximum Gasteiger partial charge on any atom is 0.347 e. The van der Waals surface area contributed by atoms with Gasteiger partial charge in [0.1, 0.15) is 15.7 Å². The number of phenolic OH excluding ortho intramolecular Hbond substituents is 1. The smallest absolute Gasteiger partial charge is 0.347 e. The van der Waals surface area contributed by atoms with Crippen LogP contribution in [-0.2, 0) is 0 Å². The zero-order chi connectivity index (χ0) is 15.0. The Balaban J connectivity index is 2.04. The van der Waals surface area contributed by atoms with Crippen LogP contribution in [0.25, 0.3) is 10.8 Å². The summed E-state index contributed by atoms with van der Waals surface area (Å²) in [7, 11) is 0. The van der Waals surface area contributed by atoms with Crippen molar-refractivity contribution in [2.75, 3.05) is 0 Å². The number of pyridine rings is 1. The zero-order valence-electron chi connectivity index (χ0n) is 10.9. The van der Waals surface area contributed by atoms with Gasteiger partial charge < -0.3 is 10.2 Å². The fourth-order valence-corrected chi connectivity index (χ4v) is 3.95. The summed E-state index contributed by atoms with van der Waals surface area (Å²) in [5.74, 6) is -0.806. The maximum absolute atomic E-state index is 11.1. The Kier molecular flexibility index (Phi) is 3.52. The van der Waals surface area contributed by atoms with Crippen LogP contribution in [-0.4, -0.2) is 26.2 Å². The van der Waals surface area contributed by atoms with E-state index in [0.717, 1.165) is 22.1 Å². The summed E-state index contributed by atoms with van der Waals surface area (Å²) in [5.41, 5.74) is 0.498. The minimum absolute atomic E-state index is 0.166. The lowest BCUT2D eigenvalue weighted by atomic mass is 10.2. The van der Waals surface area contributed by atoms with Gasteiger partial charge in [0.15, 0.2) is 4.34 Å². The highest BCUT2D eigenvalue weighted by Gasteiger charge is 2.16. The molecule has 1 aromatic carbocycles. The summed E-state index contributed by atoms with van der Waals surface area (Å²) in [5, 5.41) is 21.1. The Morgan fingerprint density at radius 1 is 1.33 bits per heavy atom. The van der Waals surface area contributed by atoms with Gasteiger partial charge in [-0.2, -0.15) is 0 Å². The van der Waals surface area contributed by atoms with E-state index in [0.29, 0.717) is 15.1 Å². The normalized spacial score (nSPS) is 10.9. The highest BCUT2D eigenvalue weighted by Crippen LogP contribution is 2.36. The van der Waals surface area contributed by atoms with Crippen LogP contribution < -0.4 is 0 Å². The van der Waals surface area contributed by atoms with Crippen LogP contribution in [0.1, 0.15) is 15.4 Å². The van der Waals surface area contributed by atoms with Crippen LogP contribution in [0.5, 0.6) is 5.75 Å². The number of carboxylic acids is 1. The number of aromatic carboxylic acids is 1. The van der Waals surface area contributed by atoms with Gasteiger partial charge >= 0.3 is 5.97 Å². The molecule has 106 valence electrons. The highest BCUT2D eigenvalue weighted by molar-refractivity contribution is 8.01. The van der Waals surface area contributed by atoms with E-state index >= 15 is 0 Å². The first-order valence-corrected chi connectivity index (χ1v) is 7.64. The lowest BCUT2D eigenvalue weighted by Crippen LogP contribution is -1.94. The second-order valence-corrected chi connectivity index (χ2v) is 6.56. The molecule has 0 amide bonds. The van der Waals surface area contributed by atoms with Gasteiger partial charge in [-0.25, -0.2) is 14.8 Å². The van der Waals surface area contributed by atoms with Crippen LogP contribution >= 0.6 is 23.1 Å². The van der Waals surface area contributed by atoms with Crippen LogP contribution in [0.4, 0.5) is 0 Å². The Morgan fingerprint density at radius 2 is 2.14 bits per heavy atom. The van der Waals surface area contributed by atoms with Crippen LogP contribution in [0, 0.1) is 6.92 Å². The summed E-state index contributed by atoms with van der Waals surface area (Å²) < 4.78 is 0.619. The van der Waals surface area contributed by atoms with E-state index in [1.54, 1.807) is 25.3 Å². The number of benzene rings is 1. The fraction of sp³-hybridized carbons (Fsp3) is 0.0714. The molecular weight excluding hydrogens is 308 g/mol. The lowest BCUT2D eigenvalue weighted by Gasteiger charge is -2.03. The van der Waals surface area contributed by atoms with Crippen molar-refractivity contribution in [2.24, 2.45) is 0 Å². The van der Waals surface area contributed by atoms with E-state index in [1.807, 2.05) is 12.1 Å². The second-order valence-electron chi connectivity index (χ2n) is 4.32. The maximum atomic E-state index is 11.1. The molecule has 0 aliphatic rings. The van der Waals surface area contributed by atoms with Gasteiger partial charge in [0.25, 0.3) is 0 Å². The van der Waals surface area contributed by atoms with Gasteiger partial charge in [-0.15, -0.1) is 0 Å². The lowest BCUT2D eigenvalue weighted by molar-refractivity contribution is 0.0701. The van der Waals surface area contributed by atoms with Crippen LogP contribution in [0.2, 0.25) is 0 Å². The summed E-state index contributed by atoms with van der Waals surface area (Å²) >= 11 is 2.43. The molecule has 0 aliphatic carbocycles. The first kappa shape index (κ1) is 13.8. The number of aromatic hydroxyl groups is 1. The summed E-state index contributed by atoms with van der Waals surface area (Å²) in [6, 6.07) is 6.93. The first-order chi connectivity index (χ1) is 10.0. The SMILES string of the molecule is Cc1nc(Sc2nccc3ccc(O)cc23)sc1C(=O)O. The Bertz CT molecular complexity index is 845. The van der Waals surface area contributed by atoms with Crippen LogP contribution in [0.15, 0.2) is 39.8 Å². The molecular formula is C14H10N2O3S2. The Hall–Kier alpha value is -2.12. The van der Waals surface area contributed by atoms with Gasteiger partial charge in [0.2, 0.25) is 0 Å². The minimum atomic E-state index is -0.972. The molecule has 0 fully saturated rings. The molecule has 3 rings (SSSR count). The van der Waals surface area contributed by atoms with Crippen LogP contribution in [0.3, 0.4) is 0 Å². The van der Waals surface area contributed by atoms with Gasteiger partial charge in [-0.05, 0) is 42.3 Å². The number of hydrogen-bond acceptors (Lipinski definition) is 6. The number of hydrogen-bond donors (Lipinski definition) is 2. The number of carbonyl (C=O) groups is 1. The van der Waals surface area contributed by atoms with Crippen molar-refractivity contribution in [3.8, 4) is 5.75 Å². The molecule has 0 bridgehead atoms. The van der Waals surface area contributed by atoms with Gasteiger partial charge in [0.05, 0.1) is 5.69 Å². The zero-order valence-corrected chi connectivity index (χ0v) is 12.5. The Labute approximate surface area is 128 Å². The number of carboxylic acid groups (broad SMARTS) is 1. The number of aromatic nitrogens is 2. The molecule has 2 aromatic heterocycles. The quantitative estimate of drug-likeness (QED) is 0.768. The van der Waals surface area contributed by atoms with E-state index in [2.05, 4.69) is 9.97 Å². The number of phenols is 1. The molecule has 2 heterocycles. The average molecular weight is 318 g/mol. The third kappa shape index (κ3) is 2.70. The van der Waals surface area contributed by atoms with Crippen molar-refractivity contribution < 1.29 is 15.0 Å². The summed E-state index contributed by atoms with van der Waals surface area (Å²) in [6.45, 7) is 1.67. The molecule has 7 heteroatoms. The number of rotatable bonds is 3. The molecule has 0 saturated carbocycles. The number of thiazole rings is 1. The average Bonchev–Trinajstić information content (AvgIpc) is 2.80. The third-order valence-corrected chi connectivity index (χ3v) is 5.09. The predicted octanol–water partition coefficient (Wildman–Crippen LogP) is 3.55. The molecule has 0 aliphatic heterocycles. The molecule has 3 aromatic rings. The Morgan fingerprint density at radius 3 is 2.86 bits per heavy atom. The molecule has 0 spiro atoms. The molecule has 5 nitrogen and oxygen atoms in total. The summed E-state index contributed by atoms with van der Waals surface area (Å²) in [6.07, 6.45) is 1.68. The highest BCUT2D eigenvalue weighted by atomic mass is 32.2. The van der Waals surface area contributed by atoms with E-state index in [4.69, 9.17) is 5.11 Å². The van der Waals surface area contributed by atoms with Gasteiger partial charge in [-0.1, -0.05) is 17.4 Å². The van der Waals surface area contributed by atoms with E-state index in [9.17, 15) is 9.90 Å². The fourth-order valence-electron chi connectivity index (χ4n) is 1.91. The van der Waals surface area contributed by atoms with Crippen molar-refractivity contribution in [3.05, 3.63) is 41.0 Å². The standard InChI is InChI=1S/C14H10N2O3S2/c1-7-11(13(18)19)20-14(16-7)21-12-10-6-9(17)3-2-8(10)4-5-15-12/h2-6,17H,1H3,(H,18,19). The van der Waals surface area contributed by atoms with Crippen molar-refractivity contribution in [2.45, 2.75) is 16.3 Å². The molecule has 0 saturated heterocycles. The van der Waals surface area contributed by atoms with Crippen molar-refractivity contribution in [1.29, 1.82) is 0 Å². The van der Waals surface area contributed by atoms with E-state index in [-0.39, 0.29) is 10.6 Å². The second kappa shape index (κ2) is 5.34. The minimum Gasteiger partial charge on any atom is -0.508 e. The molecule has 2 N–H and O–H groups in total. The largest absolute Gasteiger partial charge is 0.508 e.